The largest absolute Gasteiger partial charge is 0.507 e. The van der Waals surface area contributed by atoms with E-state index in [-0.39, 0.29) is 11.5 Å². The minimum absolute atomic E-state index is 0.00508. The summed E-state index contributed by atoms with van der Waals surface area (Å²) in [5, 5.41) is 11.9. The molecule has 0 aromatic heterocycles. The Morgan fingerprint density at radius 2 is 1.57 bits per heavy atom. The first-order valence-corrected chi connectivity index (χ1v) is 6.59. The van der Waals surface area contributed by atoms with Gasteiger partial charge in [0.05, 0.1) is 12.7 Å². The van der Waals surface area contributed by atoms with Crippen LogP contribution in [0, 0.1) is 0 Å². The Morgan fingerprint density at radius 3 is 2.19 bits per heavy atom. The zero-order valence-electron chi connectivity index (χ0n) is 11.5. The van der Waals surface area contributed by atoms with Gasteiger partial charge < -0.3 is 9.84 Å². The molecule has 0 amide bonds. The van der Waals surface area contributed by atoms with Crippen molar-refractivity contribution < 1.29 is 14.6 Å². The van der Waals surface area contributed by atoms with E-state index in [4.69, 9.17) is 4.74 Å². The van der Waals surface area contributed by atoms with Gasteiger partial charge in [0.15, 0.2) is 5.78 Å². The molecule has 3 aromatic carbocycles. The number of rotatable bonds is 3. The van der Waals surface area contributed by atoms with Crippen molar-refractivity contribution >= 4 is 16.6 Å². The lowest BCUT2D eigenvalue weighted by atomic mass is 9.99. The van der Waals surface area contributed by atoms with Gasteiger partial charge in [0.2, 0.25) is 0 Å². The van der Waals surface area contributed by atoms with Crippen molar-refractivity contribution in [1.82, 2.24) is 0 Å². The molecule has 0 bridgehead atoms. The van der Waals surface area contributed by atoms with Crippen molar-refractivity contribution in [3.05, 3.63) is 71.8 Å². The topological polar surface area (TPSA) is 46.5 Å². The number of ether oxygens (including phenoxy) is 1. The average Bonchev–Trinajstić information content (AvgIpc) is 2.53. The van der Waals surface area contributed by atoms with Crippen LogP contribution in [0.3, 0.4) is 0 Å². The molecule has 3 rings (SSSR count). The number of hydrogen-bond acceptors (Lipinski definition) is 3. The van der Waals surface area contributed by atoms with Crippen molar-refractivity contribution in [2.75, 3.05) is 7.11 Å². The van der Waals surface area contributed by atoms with Crippen molar-refractivity contribution in [2.24, 2.45) is 0 Å². The molecule has 21 heavy (non-hydrogen) atoms. The summed E-state index contributed by atoms with van der Waals surface area (Å²) < 4.78 is 5.08. The summed E-state index contributed by atoms with van der Waals surface area (Å²) in [4.78, 5) is 12.5. The van der Waals surface area contributed by atoms with Crippen LogP contribution in [0.2, 0.25) is 0 Å². The first-order valence-electron chi connectivity index (χ1n) is 6.59. The Balaban J connectivity index is 2.05. The number of methoxy groups -OCH3 is 1. The molecule has 0 atom stereocenters. The van der Waals surface area contributed by atoms with Crippen molar-refractivity contribution in [3.8, 4) is 11.5 Å². The Morgan fingerprint density at radius 1 is 0.952 bits per heavy atom. The number of ketones is 1. The van der Waals surface area contributed by atoms with E-state index in [1.165, 1.54) is 0 Å². The normalized spacial score (nSPS) is 10.5. The number of phenolic OH excluding ortho intramolecular Hbond substituents is 1. The monoisotopic (exact) mass is 278 g/mol. The van der Waals surface area contributed by atoms with E-state index in [1.54, 1.807) is 43.5 Å². The number of carbonyl (C=O) groups is 1. The Kier molecular flexibility index (Phi) is 3.32. The van der Waals surface area contributed by atoms with Gasteiger partial charge in [0, 0.05) is 5.56 Å². The third-order valence-electron chi connectivity index (χ3n) is 3.46. The molecule has 0 heterocycles. The number of carbonyl (C=O) groups excluding carboxylic acids is 1. The molecule has 0 radical (unpaired) electrons. The van der Waals surface area contributed by atoms with E-state index < -0.39 is 0 Å². The lowest BCUT2D eigenvalue weighted by molar-refractivity contribution is 0.103. The standard InChI is InChI=1S/C18H14O3/c1-21-15-8-6-12(7-9-15)18(20)16-10-13-4-2-3-5-14(13)11-17(16)19/h2-11,19H,1H3. The van der Waals surface area contributed by atoms with Crippen LogP contribution in [0.4, 0.5) is 0 Å². The fourth-order valence-corrected chi connectivity index (χ4v) is 2.31. The van der Waals surface area contributed by atoms with Gasteiger partial charge in [-0.15, -0.1) is 0 Å². The van der Waals surface area contributed by atoms with Gasteiger partial charge in [0.25, 0.3) is 0 Å². The first kappa shape index (κ1) is 13.2. The lowest BCUT2D eigenvalue weighted by Crippen LogP contribution is -2.01. The SMILES string of the molecule is COc1ccc(C(=O)c2cc3ccccc3cc2O)cc1. The summed E-state index contributed by atoms with van der Waals surface area (Å²) in [5.74, 6) is 0.477. The maximum absolute atomic E-state index is 12.5. The number of fused-ring (bicyclic) bond motifs is 1. The smallest absolute Gasteiger partial charge is 0.196 e. The molecule has 0 aliphatic carbocycles. The number of aromatic hydroxyl groups is 1. The Hall–Kier alpha value is -2.81. The third-order valence-corrected chi connectivity index (χ3v) is 3.46. The zero-order valence-corrected chi connectivity index (χ0v) is 11.5. The Labute approximate surface area is 122 Å². The summed E-state index contributed by atoms with van der Waals surface area (Å²) in [6, 6.07) is 17.8. The summed E-state index contributed by atoms with van der Waals surface area (Å²) in [7, 11) is 1.58. The average molecular weight is 278 g/mol. The molecule has 0 fully saturated rings. The molecule has 104 valence electrons. The fraction of sp³-hybridized carbons (Fsp3) is 0.0556. The van der Waals surface area contributed by atoms with Gasteiger partial charge in [-0.1, -0.05) is 24.3 Å². The highest BCUT2D eigenvalue weighted by molar-refractivity contribution is 6.12. The van der Waals surface area contributed by atoms with E-state index in [1.807, 2.05) is 24.3 Å². The molecule has 1 N–H and O–H groups in total. The van der Waals surface area contributed by atoms with E-state index in [0.717, 1.165) is 10.8 Å². The summed E-state index contributed by atoms with van der Waals surface area (Å²) >= 11 is 0. The van der Waals surface area contributed by atoms with Crippen LogP contribution in [0.15, 0.2) is 60.7 Å². The van der Waals surface area contributed by atoms with Crippen LogP contribution < -0.4 is 4.74 Å². The van der Waals surface area contributed by atoms with Crippen LogP contribution in [-0.2, 0) is 0 Å². The van der Waals surface area contributed by atoms with Crippen LogP contribution in [0.5, 0.6) is 11.5 Å². The second-order valence-electron chi connectivity index (χ2n) is 4.77. The van der Waals surface area contributed by atoms with Crippen LogP contribution in [0.25, 0.3) is 10.8 Å². The maximum Gasteiger partial charge on any atom is 0.196 e. The fourth-order valence-electron chi connectivity index (χ4n) is 2.31. The van der Waals surface area contributed by atoms with E-state index in [9.17, 15) is 9.90 Å². The molecule has 0 aliphatic heterocycles. The summed E-state index contributed by atoms with van der Waals surface area (Å²) in [6.45, 7) is 0. The predicted octanol–water partition coefficient (Wildman–Crippen LogP) is 3.79. The van der Waals surface area contributed by atoms with Gasteiger partial charge in [0.1, 0.15) is 11.5 Å². The predicted molar refractivity (Wildman–Crippen MR) is 82.0 cm³/mol. The van der Waals surface area contributed by atoms with Gasteiger partial charge in [-0.05, 0) is 47.2 Å². The van der Waals surface area contributed by atoms with Crippen molar-refractivity contribution in [1.29, 1.82) is 0 Å². The molecule has 0 saturated heterocycles. The molecule has 0 aliphatic rings. The van der Waals surface area contributed by atoms with Gasteiger partial charge in [-0.25, -0.2) is 0 Å². The second-order valence-corrected chi connectivity index (χ2v) is 4.77. The highest BCUT2D eigenvalue weighted by Gasteiger charge is 2.14. The number of phenols is 1. The number of benzene rings is 3. The van der Waals surface area contributed by atoms with E-state index in [0.29, 0.717) is 16.9 Å². The minimum atomic E-state index is -0.207. The van der Waals surface area contributed by atoms with Crippen LogP contribution >= 0.6 is 0 Å². The third kappa shape index (κ3) is 2.46. The lowest BCUT2D eigenvalue weighted by Gasteiger charge is -2.07. The van der Waals surface area contributed by atoms with Crippen molar-refractivity contribution in [2.45, 2.75) is 0 Å². The van der Waals surface area contributed by atoms with Crippen molar-refractivity contribution in [3.63, 3.8) is 0 Å². The molecule has 3 aromatic rings. The number of hydrogen-bond donors (Lipinski definition) is 1. The molecule has 3 heteroatoms. The Bertz CT molecular complexity index is 804. The molecular weight excluding hydrogens is 264 g/mol. The molecular formula is C18H14O3. The van der Waals surface area contributed by atoms with Crippen LogP contribution in [-0.4, -0.2) is 18.0 Å². The molecule has 3 nitrogen and oxygen atoms in total. The van der Waals surface area contributed by atoms with Gasteiger partial charge in [-0.2, -0.15) is 0 Å². The van der Waals surface area contributed by atoms with E-state index in [2.05, 4.69) is 0 Å². The molecule has 0 spiro atoms. The first-order chi connectivity index (χ1) is 10.2. The van der Waals surface area contributed by atoms with Gasteiger partial charge >= 0.3 is 0 Å². The summed E-state index contributed by atoms with van der Waals surface area (Å²) in [6.07, 6.45) is 0. The maximum atomic E-state index is 12.5. The zero-order chi connectivity index (χ0) is 14.8. The van der Waals surface area contributed by atoms with Gasteiger partial charge in [-0.3, -0.25) is 4.79 Å². The molecule has 0 unspecified atom stereocenters. The second kappa shape index (κ2) is 5.29. The molecule has 0 saturated carbocycles. The summed E-state index contributed by atoms with van der Waals surface area (Å²) in [5.41, 5.74) is 0.820. The highest BCUT2D eigenvalue weighted by atomic mass is 16.5. The quantitative estimate of drug-likeness (QED) is 0.741. The highest BCUT2D eigenvalue weighted by Crippen LogP contribution is 2.27. The van der Waals surface area contributed by atoms with Crippen LogP contribution in [0.1, 0.15) is 15.9 Å². The van der Waals surface area contributed by atoms with E-state index >= 15 is 0 Å². The minimum Gasteiger partial charge on any atom is -0.507 e.